The smallest absolute Gasteiger partial charge is 0.243 e. The van der Waals surface area contributed by atoms with Gasteiger partial charge in [-0.15, -0.1) is 0 Å². The molecule has 0 N–H and O–H groups in total. The van der Waals surface area contributed by atoms with Crippen LogP contribution < -0.4 is 0 Å². The molecule has 104 valence electrons. The van der Waals surface area contributed by atoms with E-state index in [0.717, 1.165) is 18.4 Å². The minimum absolute atomic E-state index is 0.125. The second-order valence-corrected chi connectivity index (χ2v) is 6.85. The summed E-state index contributed by atoms with van der Waals surface area (Å²) in [6.07, 6.45) is 5.28. The number of hydrogen-bond donors (Lipinski definition) is 0. The fourth-order valence-electron chi connectivity index (χ4n) is 2.17. The monoisotopic (exact) mass is 288 g/mol. The van der Waals surface area contributed by atoms with Gasteiger partial charge in [0.1, 0.15) is 0 Å². The highest BCUT2D eigenvalue weighted by molar-refractivity contribution is 7.89. The van der Waals surface area contributed by atoms with Crippen LogP contribution in [0.5, 0.6) is 0 Å². The number of hydrogen-bond acceptors (Lipinski definition) is 3. The van der Waals surface area contributed by atoms with Crippen molar-refractivity contribution < 1.29 is 8.42 Å². The number of nitrogens with zero attached hydrogens (tertiary/aromatic N) is 2. The van der Waals surface area contributed by atoms with Crippen LogP contribution in [0, 0.1) is 0 Å². The molecule has 2 aromatic rings. The molecule has 1 aromatic heterocycles. The number of sulfonamides is 1. The summed E-state index contributed by atoms with van der Waals surface area (Å²) in [6.45, 7) is 0.385. The summed E-state index contributed by atoms with van der Waals surface area (Å²) >= 11 is 0. The van der Waals surface area contributed by atoms with E-state index in [9.17, 15) is 8.42 Å². The summed E-state index contributed by atoms with van der Waals surface area (Å²) in [5, 5.41) is 0. The molecule has 0 aliphatic heterocycles. The van der Waals surface area contributed by atoms with Gasteiger partial charge in [0.25, 0.3) is 0 Å². The van der Waals surface area contributed by atoms with Gasteiger partial charge in [0.05, 0.1) is 4.90 Å². The Balaban J connectivity index is 1.91. The highest BCUT2D eigenvalue weighted by atomic mass is 32.2. The first-order valence-corrected chi connectivity index (χ1v) is 8.08. The lowest BCUT2D eigenvalue weighted by Crippen LogP contribution is -2.32. The molecule has 0 atom stereocenters. The standard InChI is InChI=1S/C15H16N2O2S/c18-20(19,15-6-2-1-3-7-15)17(14-8-9-14)12-13-5-4-10-16-11-13/h1-7,10-11,14H,8-9,12H2. The Bertz CT molecular complexity index is 668. The van der Waals surface area contributed by atoms with E-state index in [-0.39, 0.29) is 6.04 Å². The van der Waals surface area contributed by atoms with Gasteiger partial charge in [-0.1, -0.05) is 24.3 Å². The molecule has 20 heavy (non-hydrogen) atoms. The fourth-order valence-corrected chi connectivity index (χ4v) is 3.87. The molecule has 0 saturated heterocycles. The first kappa shape index (κ1) is 13.3. The summed E-state index contributed by atoms with van der Waals surface area (Å²) in [6, 6.07) is 12.5. The van der Waals surface area contributed by atoms with Crippen molar-refractivity contribution >= 4 is 10.0 Å². The fraction of sp³-hybridized carbons (Fsp3) is 0.267. The largest absolute Gasteiger partial charge is 0.264 e. The van der Waals surface area contributed by atoms with E-state index < -0.39 is 10.0 Å². The Morgan fingerprint density at radius 2 is 1.85 bits per heavy atom. The molecule has 1 saturated carbocycles. The van der Waals surface area contributed by atoms with Crippen LogP contribution >= 0.6 is 0 Å². The first-order chi connectivity index (χ1) is 9.68. The summed E-state index contributed by atoms with van der Waals surface area (Å²) < 4.78 is 27.0. The third-order valence-electron chi connectivity index (χ3n) is 3.37. The van der Waals surface area contributed by atoms with Crippen LogP contribution in [0.15, 0.2) is 59.8 Å². The number of rotatable bonds is 5. The maximum atomic E-state index is 12.7. The minimum Gasteiger partial charge on any atom is -0.264 e. The Morgan fingerprint density at radius 1 is 1.10 bits per heavy atom. The Morgan fingerprint density at radius 3 is 2.45 bits per heavy atom. The third-order valence-corrected chi connectivity index (χ3v) is 5.28. The molecule has 5 heteroatoms. The van der Waals surface area contributed by atoms with Gasteiger partial charge in [-0.3, -0.25) is 4.98 Å². The quantitative estimate of drug-likeness (QED) is 0.849. The van der Waals surface area contributed by atoms with Crippen LogP contribution in [0.2, 0.25) is 0 Å². The number of pyridine rings is 1. The zero-order chi connectivity index (χ0) is 14.0. The van der Waals surface area contributed by atoms with Crippen molar-refractivity contribution in [3.63, 3.8) is 0 Å². The topological polar surface area (TPSA) is 50.3 Å². The first-order valence-electron chi connectivity index (χ1n) is 6.64. The molecule has 1 fully saturated rings. The van der Waals surface area contributed by atoms with E-state index >= 15 is 0 Å². The molecule has 1 aromatic carbocycles. The molecule has 0 bridgehead atoms. The van der Waals surface area contributed by atoms with Gasteiger partial charge in [0.15, 0.2) is 0 Å². The normalized spacial score (nSPS) is 15.4. The van der Waals surface area contributed by atoms with E-state index in [0.29, 0.717) is 11.4 Å². The van der Waals surface area contributed by atoms with E-state index in [4.69, 9.17) is 0 Å². The molecular weight excluding hydrogens is 272 g/mol. The summed E-state index contributed by atoms with van der Waals surface area (Å²) in [7, 11) is -3.43. The van der Waals surface area contributed by atoms with Gasteiger partial charge in [-0.25, -0.2) is 8.42 Å². The molecule has 1 heterocycles. The second kappa shape index (κ2) is 5.34. The zero-order valence-electron chi connectivity index (χ0n) is 11.0. The maximum absolute atomic E-state index is 12.7. The summed E-state index contributed by atoms with van der Waals surface area (Å²) in [5.41, 5.74) is 0.916. The van der Waals surface area contributed by atoms with Crippen LogP contribution in [-0.4, -0.2) is 23.7 Å². The van der Waals surface area contributed by atoms with Crippen LogP contribution in [0.4, 0.5) is 0 Å². The van der Waals surface area contributed by atoms with Crippen molar-refractivity contribution in [1.82, 2.24) is 9.29 Å². The van der Waals surface area contributed by atoms with Gasteiger partial charge in [0.2, 0.25) is 10.0 Å². The molecule has 0 radical (unpaired) electrons. The van der Waals surface area contributed by atoms with Crippen LogP contribution in [-0.2, 0) is 16.6 Å². The molecule has 1 aliphatic carbocycles. The van der Waals surface area contributed by atoms with E-state index in [1.165, 1.54) is 0 Å². The van der Waals surface area contributed by atoms with Gasteiger partial charge < -0.3 is 0 Å². The highest BCUT2D eigenvalue weighted by Gasteiger charge is 2.37. The summed E-state index contributed by atoms with van der Waals surface area (Å²) in [5.74, 6) is 0. The van der Waals surface area contributed by atoms with Gasteiger partial charge in [0, 0.05) is 25.0 Å². The molecule has 0 amide bonds. The van der Waals surface area contributed by atoms with Crippen molar-refractivity contribution in [3.8, 4) is 0 Å². The number of benzene rings is 1. The average molecular weight is 288 g/mol. The van der Waals surface area contributed by atoms with Gasteiger partial charge in [-0.05, 0) is 36.6 Å². The zero-order valence-corrected chi connectivity index (χ0v) is 11.8. The van der Waals surface area contributed by atoms with Crippen molar-refractivity contribution in [3.05, 3.63) is 60.4 Å². The lowest BCUT2D eigenvalue weighted by molar-refractivity contribution is 0.398. The lowest BCUT2D eigenvalue weighted by atomic mass is 10.3. The minimum atomic E-state index is -3.43. The molecule has 4 nitrogen and oxygen atoms in total. The van der Waals surface area contributed by atoms with E-state index in [1.807, 2.05) is 18.2 Å². The Hall–Kier alpha value is -1.72. The van der Waals surface area contributed by atoms with Crippen LogP contribution in [0.1, 0.15) is 18.4 Å². The van der Waals surface area contributed by atoms with Crippen molar-refractivity contribution in [2.24, 2.45) is 0 Å². The molecule has 0 unspecified atom stereocenters. The predicted molar refractivity (Wildman–Crippen MR) is 76.4 cm³/mol. The van der Waals surface area contributed by atoms with Crippen LogP contribution in [0.25, 0.3) is 0 Å². The molecule has 3 rings (SSSR count). The highest BCUT2D eigenvalue weighted by Crippen LogP contribution is 2.33. The van der Waals surface area contributed by atoms with Crippen molar-refractivity contribution in [2.45, 2.75) is 30.3 Å². The van der Waals surface area contributed by atoms with Crippen molar-refractivity contribution in [1.29, 1.82) is 0 Å². The predicted octanol–water partition coefficient (Wildman–Crippen LogP) is 2.43. The molecule has 0 spiro atoms. The van der Waals surface area contributed by atoms with Gasteiger partial charge in [-0.2, -0.15) is 4.31 Å². The Kier molecular flexibility index (Phi) is 3.54. The van der Waals surface area contributed by atoms with Crippen LogP contribution in [0.3, 0.4) is 0 Å². The third kappa shape index (κ3) is 2.73. The molecular formula is C15H16N2O2S. The Labute approximate surface area is 119 Å². The van der Waals surface area contributed by atoms with E-state index in [2.05, 4.69) is 4.98 Å². The lowest BCUT2D eigenvalue weighted by Gasteiger charge is -2.21. The number of aromatic nitrogens is 1. The second-order valence-electron chi connectivity index (χ2n) is 4.96. The maximum Gasteiger partial charge on any atom is 0.243 e. The molecule has 1 aliphatic rings. The summed E-state index contributed by atoms with van der Waals surface area (Å²) in [4.78, 5) is 4.41. The van der Waals surface area contributed by atoms with E-state index in [1.54, 1.807) is 41.0 Å². The average Bonchev–Trinajstić information content (AvgIpc) is 3.31. The van der Waals surface area contributed by atoms with Gasteiger partial charge >= 0.3 is 0 Å². The van der Waals surface area contributed by atoms with Crippen molar-refractivity contribution in [2.75, 3.05) is 0 Å². The SMILES string of the molecule is O=S(=O)(c1ccccc1)N(Cc1cccnc1)C1CC1.